The van der Waals surface area contributed by atoms with Crippen LogP contribution in [0.2, 0.25) is 0 Å². The first-order valence-electron chi connectivity index (χ1n) is 7.36. The molecule has 0 amide bonds. The monoisotopic (exact) mass is 293 g/mol. The lowest BCUT2D eigenvalue weighted by Gasteiger charge is -2.24. The normalized spacial score (nSPS) is 16.2. The van der Waals surface area contributed by atoms with E-state index >= 15 is 0 Å². The fraction of sp³-hybridized carbons (Fsp3) is 0.263. The van der Waals surface area contributed by atoms with Crippen LogP contribution < -0.4 is 14.8 Å². The summed E-state index contributed by atoms with van der Waals surface area (Å²) in [6, 6.07) is 14.1. The Balaban J connectivity index is 1.96. The van der Waals surface area contributed by atoms with E-state index in [1.807, 2.05) is 36.4 Å². The van der Waals surface area contributed by atoms with Gasteiger partial charge in [-0.2, -0.15) is 0 Å². The highest BCUT2D eigenvalue weighted by Crippen LogP contribution is 2.34. The molecule has 0 aromatic heterocycles. The van der Waals surface area contributed by atoms with Gasteiger partial charge in [0.05, 0.1) is 20.3 Å². The van der Waals surface area contributed by atoms with Gasteiger partial charge in [-0.05, 0) is 41.8 Å². The molecule has 3 rings (SSSR count). The SMILES string of the molecule is COc1cc2c(cc1OC)C(C#Cc1ccccc1)NCC2. The van der Waals surface area contributed by atoms with Crippen molar-refractivity contribution in [1.82, 2.24) is 5.32 Å². The Labute approximate surface area is 131 Å². The Morgan fingerprint density at radius 3 is 2.50 bits per heavy atom. The third-order valence-electron chi connectivity index (χ3n) is 3.83. The second kappa shape index (κ2) is 6.55. The molecule has 0 radical (unpaired) electrons. The van der Waals surface area contributed by atoms with E-state index in [0.29, 0.717) is 0 Å². The summed E-state index contributed by atoms with van der Waals surface area (Å²) in [6.45, 7) is 0.913. The quantitative estimate of drug-likeness (QED) is 0.864. The van der Waals surface area contributed by atoms with Gasteiger partial charge in [-0.1, -0.05) is 30.0 Å². The minimum Gasteiger partial charge on any atom is -0.493 e. The van der Waals surface area contributed by atoms with E-state index in [2.05, 4.69) is 23.2 Å². The number of ether oxygens (including phenoxy) is 2. The number of methoxy groups -OCH3 is 2. The first-order valence-corrected chi connectivity index (χ1v) is 7.36. The topological polar surface area (TPSA) is 30.5 Å². The van der Waals surface area contributed by atoms with Crippen molar-refractivity contribution in [2.24, 2.45) is 0 Å². The summed E-state index contributed by atoms with van der Waals surface area (Å²) < 4.78 is 10.8. The molecule has 1 unspecified atom stereocenters. The van der Waals surface area contributed by atoms with Crippen molar-refractivity contribution in [3.05, 3.63) is 59.2 Å². The largest absolute Gasteiger partial charge is 0.493 e. The Kier molecular flexibility index (Phi) is 4.32. The lowest BCUT2D eigenvalue weighted by molar-refractivity contribution is 0.353. The molecule has 0 spiro atoms. The van der Waals surface area contributed by atoms with Crippen LogP contribution in [0.15, 0.2) is 42.5 Å². The van der Waals surface area contributed by atoms with Gasteiger partial charge < -0.3 is 9.47 Å². The fourth-order valence-corrected chi connectivity index (χ4v) is 2.69. The van der Waals surface area contributed by atoms with Crippen molar-refractivity contribution in [3.8, 4) is 23.3 Å². The van der Waals surface area contributed by atoms with Crippen molar-refractivity contribution in [2.75, 3.05) is 20.8 Å². The van der Waals surface area contributed by atoms with Crippen LogP contribution in [-0.4, -0.2) is 20.8 Å². The lowest BCUT2D eigenvalue weighted by Crippen LogP contribution is -2.29. The van der Waals surface area contributed by atoms with Gasteiger partial charge in [0, 0.05) is 12.1 Å². The van der Waals surface area contributed by atoms with Gasteiger partial charge in [-0.15, -0.1) is 0 Å². The Bertz CT molecular complexity index is 713. The second-order valence-electron chi connectivity index (χ2n) is 5.18. The average molecular weight is 293 g/mol. The molecule has 2 aromatic rings. The first kappa shape index (κ1) is 14.5. The standard InChI is InChI=1S/C19H19NO2/c1-21-18-12-15-10-11-20-17(16(15)13-19(18)22-2)9-8-14-6-4-3-5-7-14/h3-7,12-13,17,20H,10-11H2,1-2H3. The molecule has 0 aliphatic carbocycles. The molecular formula is C19H19NO2. The molecule has 3 nitrogen and oxygen atoms in total. The predicted octanol–water partition coefficient (Wildman–Crippen LogP) is 2.94. The molecule has 1 atom stereocenters. The van der Waals surface area contributed by atoms with Gasteiger partial charge in [-0.3, -0.25) is 5.32 Å². The van der Waals surface area contributed by atoms with E-state index in [-0.39, 0.29) is 6.04 Å². The summed E-state index contributed by atoms with van der Waals surface area (Å²) in [7, 11) is 3.32. The minimum absolute atomic E-state index is 0.0174. The number of benzene rings is 2. The molecule has 112 valence electrons. The van der Waals surface area contributed by atoms with Crippen LogP contribution in [0.5, 0.6) is 11.5 Å². The Morgan fingerprint density at radius 2 is 1.77 bits per heavy atom. The zero-order valence-corrected chi connectivity index (χ0v) is 12.8. The van der Waals surface area contributed by atoms with Crippen LogP contribution >= 0.6 is 0 Å². The summed E-state index contributed by atoms with van der Waals surface area (Å²) in [5.41, 5.74) is 3.47. The number of rotatable bonds is 2. The van der Waals surface area contributed by atoms with Crippen molar-refractivity contribution in [1.29, 1.82) is 0 Å². The summed E-state index contributed by atoms with van der Waals surface area (Å²) in [6.07, 6.45) is 0.971. The van der Waals surface area contributed by atoms with Crippen LogP contribution in [0.1, 0.15) is 22.7 Å². The third-order valence-corrected chi connectivity index (χ3v) is 3.83. The molecule has 0 fully saturated rings. The molecule has 2 aromatic carbocycles. The van der Waals surface area contributed by atoms with Crippen LogP contribution in [0, 0.1) is 11.8 Å². The maximum atomic E-state index is 5.41. The lowest BCUT2D eigenvalue weighted by atomic mass is 9.93. The Morgan fingerprint density at radius 1 is 1.05 bits per heavy atom. The van der Waals surface area contributed by atoms with Gasteiger partial charge >= 0.3 is 0 Å². The summed E-state index contributed by atoms with van der Waals surface area (Å²) >= 11 is 0. The maximum absolute atomic E-state index is 5.41. The van der Waals surface area contributed by atoms with Gasteiger partial charge in [0.1, 0.15) is 0 Å². The molecule has 0 saturated carbocycles. The van der Waals surface area contributed by atoms with Crippen LogP contribution in [0.4, 0.5) is 0 Å². The van der Waals surface area contributed by atoms with Crippen LogP contribution in [0.25, 0.3) is 0 Å². The zero-order chi connectivity index (χ0) is 15.4. The molecule has 1 aliphatic heterocycles. The number of fused-ring (bicyclic) bond motifs is 1. The summed E-state index contributed by atoms with van der Waals surface area (Å²) in [5, 5.41) is 3.46. The van der Waals surface area contributed by atoms with E-state index < -0.39 is 0 Å². The van der Waals surface area contributed by atoms with E-state index in [9.17, 15) is 0 Å². The predicted molar refractivity (Wildman–Crippen MR) is 87.3 cm³/mol. The van der Waals surface area contributed by atoms with Crippen LogP contribution in [-0.2, 0) is 6.42 Å². The summed E-state index contributed by atoms with van der Waals surface area (Å²) in [4.78, 5) is 0. The number of nitrogens with one attached hydrogen (secondary N) is 1. The molecule has 22 heavy (non-hydrogen) atoms. The van der Waals surface area contributed by atoms with E-state index in [4.69, 9.17) is 9.47 Å². The Hall–Kier alpha value is -2.44. The smallest absolute Gasteiger partial charge is 0.161 e. The highest BCUT2D eigenvalue weighted by molar-refractivity contribution is 5.51. The van der Waals surface area contributed by atoms with Crippen molar-refractivity contribution < 1.29 is 9.47 Å². The molecule has 1 heterocycles. The van der Waals surface area contributed by atoms with E-state index in [1.165, 1.54) is 11.1 Å². The molecule has 0 bridgehead atoms. The van der Waals surface area contributed by atoms with Crippen molar-refractivity contribution in [2.45, 2.75) is 12.5 Å². The van der Waals surface area contributed by atoms with Crippen LogP contribution in [0.3, 0.4) is 0 Å². The second-order valence-corrected chi connectivity index (χ2v) is 5.18. The van der Waals surface area contributed by atoms with Gasteiger partial charge in [0.2, 0.25) is 0 Å². The minimum atomic E-state index is 0.0174. The van der Waals surface area contributed by atoms with E-state index in [1.54, 1.807) is 14.2 Å². The molecule has 1 N–H and O–H groups in total. The summed E-state index contributed by atoms with van der Waals surface area (Å²) in [5.74, 6) is 8.08. The molecular weight excluding hydrogens is 274 g/mol. The highest BCUT2D eigenvalue weighted by atomic mass is 16.5. The number of hydrogen-bond acceptors (Lipinski definition) is 3. The van der Waals surface area contributed by atoms with Crippen molar-refractivity contribution >= 4 is 0 Å². The average Bonchev–Trinajstić information content (AvgIpc) is 2.59. The third kappa shape index (κ3) is 2.93. The zero-order valence-electron chi connectivity index (χ0n) is 12.8. The number of hydrogen-bond donors (Lipinski definition) is 1. The molecule has 1 aliphatic rings. The van der Waals surface area contributed by atoms with Gasteiger partial charge in [0.25, 0.3) is 0 Å². The highest BCUT2D eigenvalue weighted by Gasteiger charge is 2.21. The van der Waals surface area contributed by atoms with Gasteiger partial charge in [0.15, 0.2) is 11.5 Å². The first-order chi connectivity index (χ1) is 10.8. The molecule has 0 saturated heterocycles. The van der Waals surface area contributed by atoms with Crippen molar-refractivity contribution in [3.63, 3.8) is 0 Å². The fourth-order valence-electron chi connectivity index (χ4n) is 2.69. The molecule has 3 heteroatoms. The van der Waals surface area contributed by atoms with Gasteiger partial charge in [-0.25, -0.2) is 0 Å². The maximum Gasteiger partial charge on any atom is 0.161 e. The van der Waals surface area contributed by atoms with E-state index in [0.717, 1.165) is 30.0 Å².